The van der Waals surface area contributed by atoms with Crippen molar-refractivity contribution in [1.29, 1.82) is 0 Å². The van der Waals surface area contributed by atoms with E-state index < -0.39 is 31.3 Å². The van der Waals surface area contributed by atoms with E-state index in [0.717, 1.165) is 5.01 Å². The van der Waals surface area contributed by atoms with Crippen LogP contribution in [0.1, 0.15) is 30.6 Å². The van der Waals surface area contributed by atoms with Gasteiger partial charge in [0.25, 0.3) is 0 Å². The zero-order chi connectivity index (χ0) is 25.5. The van der Waals surface area contributed by atoms with Gasteiger partial charge in [-0.25, -0.2) is 14.0 Å². The molecule has 0 aliphatic carbocycles. The molecule has 1 N–H and O–H groups in total. The summed E-state index contributed by atoms with van der Waals surface area (Å²) < 4.78 is 28.8. The molecule has 0 aromatic heterocycles. The topological polar surface area (TPSA) is 105 Å². The number of ether oxygens (including phenoxy) is 3. The Morgan fingerprint density at radius 2 is 2.06 bits per heavy atom. The van der Waals surface area contributed by atoms with Gasteiger partial charge in [0.1, 0.15) is 11.8 Å². The summed E-state index contributed by atoms with van der Waals surface area (Å²) in [6.45, 7) is 1.14. The first kappa shape index (κ1) is 24.7. The standard InChI is InChI=1S/C25H26FN5O5/c1-3-19-22(18-9-10-20(35-16-26)21(15-18)34-2)29-31(25(33)36-19)23(17-7-5-4-6-8-17)28-24(32)30-13-11-27-12-14-30/h4-13,15,19,23H,3,14,16H2,1-2H3,(H,28,32). The van der Waals surface area contributed by atoms with Crippen LogP contribution < -0.4 is 14.8 Å². The molecule has 2 aliphatic rings. The minimum atomic E-state index is -1.00. The van der Waals surface area contributed by atoms with E-state index in [2.05, 4.69) is 15.4 Å². The SMILES string of the molecule is CCC1OC(=O)N(C(NC(=O)N2C=CN=CC2)c2ccccc2)N=C1c1ccc(OCF)c(OC)c1. The third-order valence-electron chi connectivity index (χ3n) is 5.59. The number of hydrogen-bond donors (Lipinski definition) is 1. The summed E-state index contributed by atoms with van der Waals surface area (Å²) in [6.07, 6.45) is 2.80. The number of nitrogens with zero attached hydrogens (tertiary/aromatic N) is 4. The molecule has 0 spiro atoms. The molecule has 4 rings (SSSR count). The molecular weight excluding hydrogens is 469 g/mol. The van der Waals surface area contributed by atoms with Crippen LogP contribution in [0.5, 0.6) is 11.5 Å². The second kappa shape index (κ2) is 11.3. The number of methoxy groups -OCH3 is 1. The lowest BCUT2D eigenvalue weighted by Crippen LogP contribution is -2.50. The molecule has 11 heteroatoms. The van der Waals surface area contributed by atoms with E-state index in [0.29, 0.717) is 29.0 Å². The highest BCUT2D eigenvalue weighted by Crippen LogP contribution is 2.31. The first-order valence-electron chi connectivity index (χ1n) is 11.3. The third-order valence-corrected chi connectivity index (χ3v) is 5.59. The molecule has 36 heavy (non-hydrogen) atoms. The van der Waals surface area contributed by atoms with Gasteiger partial charge in [-0.15, -0.1) is 0 Å². The van der Waals surface area contributed by atoms with Gasteiger partial charge < -0.3 is 19.5 Å². The van der Waals surface area contributed by atoms with Crippen molar-refractivity contribution < 1.29 is 28.2 Å². The molecule has 2 aromatic rings. The Morgan fingerprint density at radius 3 is 2.72 bits per heavy atom. The molecule has 188 valence electrons. The van der Waals surface area contributed by atoms with Crippen molar-refractivity contribution >= 4 is 24.1 Å². The normalized spacial score (nSPS) is 17.8. The van der Waals surface area contributed by atoms with Gasteiger partial charge in [-0.1, -0.05) is 37.3 Å². The Labute approximate surface area is 207 Å². The molecule has 0 saturated carbocycles. The quantitative estimate of drug-likeness (QED) is 0.591. The number of amides is 3. The Balaban J connectivity index is 1.73. The van der Waals surface area contributed by atoms with Gasteiger partial charge >= 0.3 is 12.1 Å². The van der Waals surface area contributed by atoms with Gasteiger partial charge in [-0.05, 0) is 30.2 Å². The number of rotatable bonds is 8. The number of alkyl halides is 1. The van der Waals surface area contributed by atoms with Crippen LogP contribution in [0.15, 0.2) is 71.0 Å². The lowest BCUT2D eigenvalue weighted by atomic mass is 10.0. The zero-order valence-corrected chi connectivity index (χ0v) is 19.8. The van der Waals surface area contributed by atoms with Crippen LogP contribution in [-0.2, 0) is 4.74 Å². The molecule has 0 fully saturated rings. The van der Waals surface area contributed by atoms with E-state index in [9.17, 15) is 14.0 Å². The highest BCUT2D eigenvalue weighted by atomic mass is 19.1. The first-order valence-corrected chi connectivity index (χ1v) is 11.3. The third kappa shape index (κ3) is 5.29. The number of carbonyl (C=O) groups excluding carboxylic acids is 2. The molecular formula is C25H26FN5O5. The van der Waals surface area contributed by atoms with Gasteiger partial charge in [0.15, 0.2) is 17.7 Å². The minimum Gasteiger partial charge on any atom is -0.493 e. The predicted octanol–water partition coefficient (Wildman–Crippen LogP) is 4.20. The summed E-state index contributed by atoms with van der Waals surface area (Å²) in [4.78, 5) is 31.5. The molecule has 0 radical (unpaired) electrons. The monoisotopic (exact) mass is 495 g/mol. The average Bonchev–Trinajstić information content (AvgIpc) is 2.93. The molecule has 0 bridgehead atoms. The number of urea groups is 1. The number of nitrogens with one attached hydrogen (secondary N) is 1. The van der Waals surface area contributed by atoms with Crippen molar-refractivity contribution in [1.82, 2.24) is 15.2 Å². The maximum atomic E-state index is 13.1. The lowest BCUT2D eigenvalue weighted by Gasteiger charge is -2.35. The number of aliphatic imine (C=N–C) groups is 1. The minimum absolute atomic E-state index is 0.231. The first-order chi connectivity index (χ1) is 17.5. The van der Waals surface area contributed by atoms with Gasteiger partial charge in [-0.3, -0.25) is 9.89 Å². The van der Waals surface area contributed by atoms with E-state index >= 15 is 0 Å². The van der Waals surface area contributed by atoms with Crippen LogP contribution in [0.3, 0.4) is 0 Å². The predicted molar refractivity (Wildman–Crippen MR) is 131 cm³/mol. The van der Waals surface area contributed by atoms with Crippen molar-refractivity contribution in [3.63, 3.8) is 0 Å². The Hall–Kier alpha value is -4.41. The van der Waals surface area contributed by atoms with Crippen LogP contribution in [0.4, 0.5) is 14.0 Å². The maximum absolute atomic E-state index is 13.1. The molecule has 10 nitrogen and oxygen atoms in total. The lowest BCUT2D eigenvalue weighted by molar-refractivity contribution is 0.0530. The molecule has 2 aliphatic heterocycles. The van der Waals surface area contributed by atoms with Crippen LogP contribution >= 0.6 is 0 Å². The van der Waals surface area contributed by atoms with Crippen LogP contribution in [0, 0.1) is 0 Å². The Morgan fingerprint density at radius 1 is 1.25 bits per heavy atom. The van der Waals surface area contributed by atoms with Gasteiger partial charge in [0.05, 0.1) is 13.7 Å². The summed E-state index contributed by atoms with van der Waals surface area (Å²) >= 11 is 0. The van der Waals surface area contributed by atoms with Crippen molar-refractivity contribution in [3.8, 4) is 11.5 Å². The van der Waals surface area contributed by atoms with Crippen LogP contribution in [-0.4, -0.2) is 60.6 Å². The zero-order valence-electron chi connectivity index (χ0n) is 19.8. The summed E-state index contributed by atoms with van der Waals surface area (Å²) in [5, 5.41) is 8.61. The van der Waals surface area contributed by atoms with E-state index in [1.807, 2.05) is 13.0 Å². The Kier molecular flexibility index (Phi) is 7.79. The maximum Gasteiger partial charge on any atom is 0.433 e. The van der Waals surface area contributed by atoms with Crippen molar-refractivity contribution in [3.05, 3.63) is 72.1 Å². The Bertz CT molecular complexity index is 1190. The average molecular weight is 496 g/mol. The van der Waals surface area contributed by atoms with E-state index in [1.54, 1.807) is 54.9 Å². The molecule has 2 heterocycles. The highest BCUT2D eigenvalue weighted by Gasteiger charge is 2.37. The van der Waals surface area contributed by atoms with Crippen molar-refractivity contribution in [2.45, 2.75) is 25.6 Å². The molecule has 2 aromatic carbocycles. The number of hydrazone groups is 1. The molecule has 2 unspecified atom stereocenters. The van der Waals surface area contributed by atoms with Crippen LogP contribution in [0.25, 0.3) is 0 Å². The number of benzene rings is 2. The summed E-state index contributed by atoms with van der Waals surface area (Å²) in [5.41, 5.74) is 1.66. The fraction of sp³-hybridized carbons (Fsp3) is 0.280. The number of carbonyl (C=O) groups is 2. The molecule has 2 atom stereocenters. The largest absolute Gasteiger partial charge is 0.493 e. The van der Waals surface area contributed by atoms with E-state index in [4.69, 9.17) is 14.2 Å². The smallest absolute Gasteiger partial charge is 0.433 e. The second-order valence-electron chi connectivity index (χ2n) is 7.77. The van der Waals surface area contributed by atoms with E-state index in [1.165, 1.54) is 18.2 Å². The second-order valence-corrected chi connectivity index (χ2v) is 7.77. The van der Waals surface area contributed by atoms with Crippen molar-refractivity contribution in [2.75, 3.05) is 20.5 Å². The molecule has 0 saturated heterocycles. The fourth-order valence-electron chi connectivity index (χ4n) is 3.79. The molecule has 3 amide bonds. The van der Waals surface area contributed by atoms with Crippen molar-refractivity contribution in [2.24, 2.45) is 10.1 Å². The number of cyclic esters (lactones) is 1. The van der Waals surface area contributed by atoms with Gasteiger partial charge in [0.2, 0.25) is 6.86 Å². The summed E-state index contributed by atoms with van der Waals surface area (Å²) in [7, 11) is 1.44. The number of halogens is 1. The van der Waals surface area contributed by atoms with Crippen LogP contribution in [0.2, 0.25) is 0 Å². The number of hydrogen-bond acceptors (Lipinski definition) is 7. The van der Waals surface area contributed by atoms with E-state index in [-0.39, 0.29) is 12.3 Å². The van der Waals surface area contributed by atoms with Gasteiger partial charge in [-0.2, -0.15) is 10.1 Å². The fourth-order valence-corrected chi connectivity index (χ4v) is 3.79. The van der Waals surface area contributed by atoms with Gasteiger partial charge in [0, 0.05) is 24.2 Å². The summed E-state index contributed by atoms with van der Waals surface area (Å²) in [6, 6.07) is 13.4. The summed E-state index contributed by atoms with van der Waals surface area (Å²) in [5.74, 6) is 0.534. The highest BCUT2D eigenvalue weighted by molar-refractivity contribution is 6.06.